The van der Waals surface area contributed by atoms with E-state index >= 15 is 0 Å². The van der Waals surface area contributed by atoms with Crippen molar-refractivity contribution < 1.29 is 9.53 Å². The average molecular weight is 168 g/mol. The fraction of sp³-hybridized carbons (Fsp3) is 0.857. The van der Waals surface area contributed by atoms with Crippen molar-refractivity contribution in [3.05, 3.63) is 0 Å². The van der Waals surface area contributed by atoms with Crippen molar-refractivity contribution in [1.29, 1.82) is 0 Å². The van der Waals surface area contributed by atoms with E-state index in [9.17, 15) is 4.79 Å². The first-order valence-corrected chi connectivity index (χ1v) is 3.41. The number of hydrogen-bond acceptors (Lipinski definition) is 3. The summed E-state index contributed by atoms with van der Waals surface area (Å²) in [5.74, 6) is -0.196. The molecule has 0 N–H and O–H groups in total. The van der Waals surface area contributed by atoms with E-state index < -0.39 is 0 Å². The molecule has 0 aliphatic carbocycles. The van der Waals surface area contributed by atoms with E-state index in [1.54, 1.807) is 0 Å². The second-order valence-electron chi connectivity index (χ2n) is 2.50. The minimum Gasteiger partial charge on any atom is -0.466 e. The third kappa shape index (κ3) is 13.4. The van der Waals surface area contributed by atoms with Gasteiger partial charge in [-0.1, -0.05) is 0 Å². The van der Waals surface area contributed by atoms with Gasteiger partial charge in [0.1, 0.15) is 0 Å². The number of nitrogens with zero attached hydrogens (tertiary/aromatic N) is 1. The van der Waals surface area contributed by atoms with Crippen LogP contribution >= 0.6 is 0 Å². The molecule has 0 bridgehead atoms. The molecule has 1 radical (unpaired) electrons. The standard InChI is InChI=1S/C7H15NO2.Na/c1-7(9)10-6-4-5-8(2)3;/h4-6H2,1-3H3;. The molecular weight excluding hydrogens is 153 g/mol. The Bertz CT molecular complexity index is 107. The van der Waals surface area contributed by atoms with Crippen molar-refractivity contribution in [2.75, 3.05) is 27.2 Å². The Balaban J connectivity index is 0. The minimum absolute atomic E-state index is 0. The molecule has 0 atom stereocenters. The number of carbonyl (C=O) groups excluding carboxylic acids is 1. The summed E-state index contributed by atoms with van der Waals surface area (Å²) >= 11 is 0. The molecule has 61 valence electrons. The Labute approximate surface area is 90.4 Å². The molecule has 0 spiro atoms. The third-order valence-corrected chi connectivity index (χ3v) is 1.05. The zero-order valence-electron chi connectivity index (χ0n) is 7.89. The molecular formula is C7H15NNaO2. The number of esters is 1. The third-order valence-electron chi connectivity index (χ3n) is 1.05. The quantitative estimate of drug-likeness (QED) is 0.339. The number of carbonyl (C=O) groups is 1. The second-order valence-corrected chi connectivity index (χ2v) is 2.50. The van der Waals surface area contributed by atoms with E-state index in [-0.39, 0.29) is 35.5 Å². The van der Waals surface area contributed by atoms with Gasteiger partial charge in [-0.2, -0.15) is 0 Å². The molecule has 0 fully saturated rings. The maximum atomic E-state index is 10.3. The minimum atomic E-state index is -0.196. The maximum Gasteiger partial charge on any atom is 0.302 e. The molecule has 0 rings (SSSR count). The summed E-state index contributed by atoms with van der Waals surface area (Å²) in [5.41, 5.74) is 0. The molecule has 0 aliphatic rings. The van der Waals surface area contributed by atoms with Crippen molar-refractivity contribution in [2.45, 2.75) is 13.3 Å². The topological polar surface area (TPSA) is 29.5 Å². The van der Waals surface area contributed by atoms with Crippen LogP contribution in [0.2, 0.25) is 0 Å². The molecule has 0 aliphatic heterocycles. The molecule has 0 amide bonds. The normalized spacial score (nSPS) is 9.09. The van der Waals surface area contributed by atoms with Crippen molar-refractivity contribution in [1.82, 2.24) is 4.90 Å². The Morgan fingerprint density at radius 3 is 2.36 bits per heavy atom. The zero-order valence-corrected chi connectivity index (χ0v) is 9.89. The van der Waals surface area contributed by atoms with Crippen LogP contribution in [0.3, 0.4) is 0 Å². The van der Waals surface area contributed by atoms with Gasteiger partial charge in [0.2, 0.25) is 0 Å². The summed E-state index contributed by atoms with van der Waals surface area (Å²) in [4.78, 5) is 12.3. The van der Waals surface area contributed by atoms with Crippen LogP contribution in [0, 0.1) is 0 Å². The van der Waals surface area contributed by atoms with Gasteiger partial charge in [-0.15, -0.1) is 0 Å². The Morgan fingerprint density at radius 2 is 2.00 bits per heavy atom. The number of ether oxygens (including phenoxy) is 1. The maximum absolute atomic E-state index is 10.3. The van der Waals surface area contributed by atoms with Crippen LogP contribution in [-0.4, -0.2) is 67.7 Å². The number of rotatable bonds is 4. The van der Waals surface area contributed by atoms with E-state index in [1.165, 1.54) is 6.92 Å². The van der Waals surface area contributed by atoms with E-state index in [1.807, 2.05) is 14.1 Å². The molecule has 0 unspecified atom stereocenters. The molecule has 3 nitrogen and oxygen atoms in total. The van der Waals surface area contributed by atoms with Gasteiger partial charge in [0.15, 0.2) is 0 Å². The molecule has 0 saturated carbocycles. The average Bonchev–Trinajstić information content (AvgIpc) is 1.79. The Morgan fingerprint density at radius 1 is 1.45 bits per heavy atom. The first-order chi connectivity index (χ1) is 4.63. The predicted molar refractivity (Wildman–Crippen MR) is 45.6 cm³/mol. The zero-order chi connectivity index (χ0) is 7.98. The van der Waals surface area contributed by atoms with Gasteiger partial charge in [-0.25, -0.2) is 0 Å². The SMILES string of the molecule is CC(=O)OCCCN(C)C.[Na]. The number of hydrogen-bond donors (Lipinski definition) is 0. The van der Waals surface area contributed by atoms with Crippen LogP contribution in [0.1, 0.15) is 13.3 Å². The summed E-state index contributed by atoms with van der Waals surface area (Å²) in [6.45, 7) is 2.93. The largest absolute Gasteiger partial charge is 0.466 e. The molecule has 0 aromatic carbocycles. The van der Waals surface area contributed by atoms with Crippen LogP contribution in [0.15, 0.2) is 0 Å². The first kappa shape index (κ1) is 14.0. The van der Waals surface area contributed by atoms with Gasteiger partial charge >= 0.3 is 5.97 Å². The van der Waals surface area contributed by atoms with Crippen LogP contribution in [0.25, 0.3) is 0 Å². The fourth-order valence-electron chi connectivity index (χ4n) is 0.597. The predicted octanol–water partition coefficient (Wildman–Crippen LogP) is 0.120. The Hall–Kier alpha value is 0.430. The van der Waals surface area contributed by atoms with Crippen LogP contribution < -0.4 is 0 Å². The van der Waals surface area contributed by atoms with Crippen molar-refractivity contribution >= 4 is 35.5 Å². The second kappa shape index (κ2) is 8.53. The Kier molecular flexibility index (Phi) is 10.8. The van der Waals surface area contributed by atoms with Gasteiger partial charge < -0.3 is 9.64 Å². The van der Waals surface area contributed by atoms with E-state index in [0.29, 0.717) is 6.61 Å². The van der Waals surface area contributed by atoms with E-state index in [4.69, 9.17) is 4.74 Å². The van der Waals surface area contributed by atoms with Crippen LogP contribution in [0.5, 0.6) is 0 Å². The van der Waals surface area contributed by atoms with Gasteiger partial charge in [0.05, 0.1) is 6.61 Å². The van der Waals surface area contributed by atoms with Crippen molar-refractivity contribution in [3.63, 3.8) is 0 Å². The summed E-state index contributed by atoms with van der Waals surface area (Å²) in [6.07, 6.45) is 0.909. The summed E-state index contributed by atoms with van der Waals surface area (Å²) < 4.78 is 4.73. The smallest absolute Gasteiger partial charge is 0.302 e. The molecule has 11 heavy (non-hydrogen) atoms. The molecule has 0 saturated heterocycles. The molecule has 0 aromatic rings. The fourth-order valence-corrected chi connectivity index (χ4v) is 0.597. The van der Waals surface area contributed by atoms with Gasteiger partial charge in [0, 0.05) is 43.0 Å². The van der Waals surface area contributed by atoms with Crippen molar-refractivity contribution in [3.8, 4) is 0 Å². The first-order valence-electron chi connectivity index (χ1n) is 3.41. The monoisotopic (exact) mass is 168 g/mol. The van der Waals surface area contributed by atoms with E-state index in [0.717, 1.165) is 13.0 Å². The molecule has 0 aromatic heterocycles. The van der Waals surface area contributed by atoms with Gasteiger partial charge in [0.25, 0.3) is 0 Å². The van der Waals surface area contributed by atoms with E-state index in [2.05, 4.69) is 4.90 Å². The van der Waals surface area contributed by atoms with Crippen molar-refractivity contribution in [2.24, 2.45) is 0 Å². The van der Waals surface area contributed by atoms with Crippen LogP contribution in [0.4, 0.5) is 0 Å². The molecule has 0 heterocycles. The summed E-state index contributed by atoms with van der Waals surface area (Å²) in [5, 5.41) is 0. The van der Waals surface area contributed by atoms with Gasteiger partial charge in [-0.05, 0) is 20.5 Å². The van der Waals surface area contributed by atoms with Crippen LogP contribution in [-0.2, 0) is 9.53 Å². The summed E-state index contributed by atoms with van der Waals surface area (Å²) in [7, 11) is 3.99. The molecule has 4 heteroatoms. The van der Waals surface area contributed by atoms with Gasteiger partial charge in [-0.3, -0.25) is 4.79 Å². The summed E-state index contributed by atoms with van der Waals surface area (Å²) in [6, 6.07) is 0.